The van der Waals surface area contributed by atoms with Gasteiger partial charge in [0, 0.05) is 18.2 Å². The highest BCUT2D eigenvalue weighted by Gasteiger charge is 2.29. The van der Waals surface area contributed by atoms with E-state index in [1.807, 2.05) is 0 Å². The van der Waals surface area contributed by atoms with Crippen molar-refractivity contribution in [1.29, 1.82) is 0 Å². The van der Waals surface area contributed by atoms with Crippen LogP contribution in [0.25, 0.3) is 0 Å². The van der Waals surface area contributed by atoms with E-state index >= 15 is 0 Å². The SMILES string of the molecule is CC(=CCN(C)C(C)C1CC1)C(=O)O. The molecule has 0 aromatic rings. The number of hydrogen-bond donors (Lipinski definition) is 1. The average Bonchev–Trinajstić information content (AvgIpc) is 2.95. The maximum atomic E-state index is 10.5. The van der Waals surface area contributed by atoms with Crippen LogP contribution in [0.5, 0.6) is 0 Å². The van der Waals surface area contributed by atoms with Crippen LogP contribution in [0.15, 0.2) is 11.6 Å². The third kappa shape index (κ3) is 3.14. The molecule has 1 rings (SSSR count). The van der Waals surface area contributed by atoms with Gasteiger partial charge in [0.2, 0.25) is 0 Å². The van der Waals surface area contributed by atoms with Crippen LogP contribution in [0.3, 0.4) is 0 Å². The Morgan fingerprint density at radius 3 is 2.64 bits per heavy atom. The number of likely N-dealkylation sites (N-methyl/N-ethyl adjacent to an activating group) is 1. The predicted octanol–water partition coefficient (Wildman–Crippen LogP) is 1.75. The quantitative estimate of drug-likeness (QED) is 0.682. The maximum absolute atomic E-state index is 10.5. The van der Waals surface area contributed by atoms with Gasteiger partial charge < -0.3 is 5.11 Å². The first-order valence-corrected chi connectivity index (χ1v) is 5.12. The molecule has 0 aromatic heterocycles. The third-order valence-electron chi connectivity index (χ3n) is 3.02. The molecule has 1 unspecified atom stereocenters. The van der Waals surface area contributed by atoms with E-state index in [4.69, 9.17) is 5.11 Å². The van der Waals surface area contributed by atoms with Crippen molar-refractivity contribution in [2.45, 2.75) is 32.7 Å². The summed E-state index contributed by atoms with van der Waals surface area (Å²) >= 11 is 0. The summed E-state index contributed by atoms with van der Waals surface area (Å²) < 4.78 is 0. The Hall–Kier alpha value is -0.830. The van der Waals surface area contributed by atoms with E-state index in [1.165, 1.54) is 12.8 Å². The lowest BCUT2D eigenvalue weighted by atomic mass is 10.2. The van der Waals surface area contributed by atoms with Crippen molar-refractivity contribution in [3.63, 3.8) is 0 Å². The Balaban J connectivity index is 2.35. The minimum atomic E-state index is -0.822. The minimum Gasteiger partial charge on any atom is -0.478 e. The molecule has 1 fully saturated rings. The van der Waals surface area contributed by atoms with Crippen LogP contribution in [0.1, 0.15) is 26.7 Å². The Morgan fingerprint density at radius 1 is 1.64 bits per heavy atom. The summed E-state index contributed by atoms with van der Waals surface area (Å²) in [5.74, 6) is 0.0102. The molecule has 0 aliphatic heterocycles. The predicted molar refractivity (Wildman–Crippen MR) is 56.2 cm³/mol. The molecule has 0 bridgehead atoms. The molecule has 1 atom stereocenters. The molecule has 1 aliphatic rings. The first kappa shape index (κ1) is 11.2. The van der Waals surface area contributed by atoms with Crippen LogP contribution in [0.2, 0.25) is 0 Å². The highest BCUT2D eigenvalue weighted by Crippen LogP contribution is 2.34. The van der Waals surface area contributed by atoms with Gasteiger partial charge >= 0.3 is 5.97 Å². The van der Waals surface area contributed by atoms with Gasteiger partial charge in [-0.25, -0.2) is 4.79 Å². The normalized spacial score (nSPS) is 19.9. The van der Waals surface area contributed by atoms with E-state index in [0.717, 1.165) is 12.5 Å². The van der Waals surface area contributed by atoms with E-state index in [2.05, 4.69) is 18.9 Å². The smallest absolute Gasteiger partial charge is 0.330 e. The molecule has 3 nitrogen and oxygen atoms in total. The highest BCUT2D eigenvalue weighted by molar-refractivity contribution is 5.85. The summed E-state index contributed by atoms with van der Waals surface area (Å²) in [5, 5.41) is 8.67. The topological polar surface area (TPSA) is 40.5 Å². The van der Waals surface area contributed by atoms with Crippen molar-refractivity contribution in [3.8, 4) is 0 Å². The second-order valence-corrected chi connectivity index (χ2v) is 4.21. The number of aliphatic carboxylic acids is 1. The molecule has 14 heavy (non-hydrogen) atoms. The Kier molecular flexibility index (Phi) is 3.69. The average molecular weight is 197 g/mol. The molecule has 0 radical (unpaired) electrons. The van der Waals surface area contributed by atoms with Crippen LogP contribution in [-0.2, 0) is 4.79 Å². The summed E-state index contributed by atoms with van der Waals surface area (Å²) in [6, 6.07) is 0.577. The van der Waals surface area contributed by atoms with E-state index in [-0.39, 0.29) is 0 Å². The molecule has 0 amide bonds. The first-order chi connectivity index (χ1) is 6.52. The number of carboxylic acid groups (broad SMARTS) is 1. The Bertz CT molecular complexity index is 244. The second-order valence-electron chi connectivity index (χ2n) is 4.21. The molecule has 0 saturated heterocycles. The summed E-state index contributed by atoms with van der Waals surface area (Å²) in [5.41, 5.74) is 0.430. The Morgan fingerprint density at radius 2 is 2.21 bits per heavy atom. The Labute approximate surface area is 85.4 Å². The van der Waals surface area contributed by atoms with Crippen molar-refractivity contribution in [3.05, 3.63) is 11.6 Å². The molecule has 0 spiro atoms. The lowest BCUT2D eigenvalue weighted by molar-refractivity contribution is -0.132. The van der Waals surface area contributed by atoms with Gasteiger partial charge in [-0.15, -0.1) is 0 Å². The lowest BCUT2D eigenvalue weighted by Crippen LogP contribution is -2.31. The zero-order chi connectivity index (χ0) is 10.7. The lowest BCUT2D eigenvalue weighted by Gasteiger charge is -2.23. The number of hydrogen-bond acceptors (Lipinski definition) is 2. The minimum absolute atomic E-state index is 0.430. The fourth-order valence-electron chi connectivity index (χ4n) is 1.47. The molecule has 0 aromatic carbocycles. The summed E-state index contributed by atoms with van der Waals surface area (Å²) in [4.78, 5) is 12.8. The molecule has 3 heteroatoms. The van der Waals surface area contributed by atoms with Crippen molar-refractivity contribution < 1.29 is 9.90 Å². The molecule has 1 N–H and O–H groups in total. The zero-order valence-corrected chi connectivity index (χ0v) is 9.16. The highest BCUT2D eigenvalue weighted by atomic mass is 16.4. The van der Waals surface area contributed by atoms with Crippen molar-refractivity contribution in [1.82, 2.24) is 4.90 Å². The van der Waals surface area contributed by atoms with Crippen LogP contribution in [0.4, 0.5) is 0 Å². The van der Waals surface area contributed by atoms with E-state index in [9.17, 15) is 4.79 Å². The fourth-order valence-corrected chi connectivity index (χ4v) is 1.47. The van der Waals surface area contributed by atoms with Gasteiger partial charge in [0.25, 0.3) is 0 Å². The van der Waals surface area contributed by atoms with Gasteiger partial charge in [0.1, 0.15) is 0 Å². The van der Waals surface area contributed by atoms with Crippen molar-refractivity contribution in [2.24, 2.45) is 5.92 Å². The van der Waals surface area contributed by atoms with Crippen LogP contribution in [-0.4, -0.2) is 35.6 Å². The fraction of sp³-hybridized carbons (Fsp3) is 0.727. The van der Waals surface area contributed by atoms with Gasteiger partial charge in [-0.05, 0) is 39.7 Å². The largest absolute Gasteiger partial charge is 0.478 e. The van der Waals surface area contributed by atoms with Crippen LogP contribution in [0, 0.1) is 5.92 Å². The van der Waals surface area contributed by atoms with Gasteiger partial charge in [-0.2, -0.15) is 0 Å². The van der Waals surface area contributed by atoms with Gasteiger partial charge in [0.15, 0.2) is 0 Å². The van der Waals surface area contributed by atoms with E-state index in [1.54, 1.807) is 13.0 Å². The van der Waals surface area contributed by atoms with Gasteiger partial charge in [0.05, 0.1) is 0 Å². The van der Waals surface area contributed by atoms with Crippen molar-refractivity contribution >= 4 is 5.97 Å². The van der Waals surface area contributed by atoms with Gasteiger partial charge in [-0.3, -0.25) is 4.90 Å². The van der Waals surface area contributed by atoms with E-state index in [0.29, 0.717) is 11.6 Å². The van der Waals surface area contributed by atoms with Crippen LogP contribution >= 0.6 is 0 Å². The van der Waals surface area contributed by atoms with Crippen LogP contribution < -0.4 is 0 Å². The summed E-state index contributed by atoms with van der Waals surface area (Å²) in [6.07, 6.45) is 4.43. The molecule has 1 saturated carbocycles. The second kappa shape index (κ2) is 4.60. The number of carbonyl (C=O) groups is 1. The molecule has 0 heterocycles. The molecule has 1 aliphatic carbocycles. The summed E-state index contributed by atoms with van der Waals surface area (Å²) in [6.45, 7) is 4.58. The monoisotopic (exact) mass is 197 g/mol. The zero-order valence-electron chi connectivity index (χ0n) is 9.16. The molecular weight excluding hydrogens is 178 g/mol. The summed E-state index contributed by atoms with van der Waals surface area (Å²) in [7, 11) is 2.05. The van der Waals surface area contributed by atoms with Crippen molar-refractivity contribution in [2.75, 3.05) is 13.6 Å². The standard InChI is InChI=1S/C11H19NO2/c1-8(11(13)14)6-7-12(3)9(2)10-4-5-10/h6,9-10H,4-5,7H2,1-3H3,(H,13,14). The maximum Gasteiger partial charge on any atom is 0.330 e. The molecular formula is C11H19NO2. The number of carboxylic acids is 1. The first-order valence-electron chi connectivity index (χ1n) is 5.12. The number of rotatable bonds is 5. The number of nitrogens with zero attached hydrogens (tertiary/aromatic N) is 1. The third-order valence-corrected chi connectivity index (χ3v) is 3.02. The molecule has 80 valence electrons. The van der Waals surface area contributed by atoms with E-state index < -0.39 is 5.97 Å². The van der Waals surface area contributed by atoms with Gasteiger partial charge in [-0.1, -0.05) is 6.08 Å².